The maximum atomic E-state index is 12.0. The van der Waals surface area contributed by atoms with Crippen LogP contribution in [0.4, 0.5) is 5.69 Å². The number of amides is 1. The van der Waals surface area contributed by atoms with E-state index in [1.165, 1.54) is 4.90 Å². The van der Waals surface area contributed by atoms with Crippen LogP contribution in [-0.2, 0) is 14.3 Å². The van der Waals surface area contributed by atoms with Crippen LogP contribution in [0.15, 0.2) is 24.3 Å². The van der Waals surface area contributed by atoms with Gasteiger partial charge in [0, 0.05) is 23.6 Å². The number of nitrogens with one attached hydrogen (secondary N) is 1. The minimum atomic E-state index is -0.838. The fourth-order valence-electron chi connectivity index (χ4n) is 2.13. The summed E-state index contributed by atoms with van der Waals surface area (Å²) in [6, 6.07) is 7.63. The molecule has 0 aliphatic carbocycles. The van der Waals surface area contributed by atoms with E-state index in [0.717, 1.165) is 16.6 Å². The molecule has 0 spiro atoms. The predicted molar refractivity (Wildman–Crippen MR) is 73.1 cm³/mol. The molecular weight excluding hydrogens is 244 g/mol. The molecule has 0 saturated carbocycles. The third-order valence-corrected chi connectivity index (χ3v) is 2.95. The normalized spacial score (nSPS) is 10.5. The summed E-state index contributed by atoms with van der Waals surface area (Å²) in [5.41, 5.74) is 2.47. The van der Waals surface area contributed by atoms with Crippen molar-refractivity contribution in [3.63, 3.8) is 0 Å². The summed E-state index contributed by atoms with van der Waals surface area (Å²) in [5.74, 6) is -1.51. The van der Waals surface area contributed by atoms with Gasteiger partial charge in [0.2, 0.25) is 0 Å². The quantitative estimate of drug-likeness (QED) is 0.663. The maximum Gasteiger partial charge on any atom is 0.397 e. The second kappa shape index (κ2) is 5.14. The number of esters is 1. The zero-order valence-corrected chi connectivity index (χ0v) is 11.2. The second-order valence-electron chi connectivity index (χ2n) is 4.23. The third kappa shape index (κ3) is 2.31. The molecular formula is C14H16N2O3. The van der Waals surface area contributed by atoms with Gasteiger partial charge in [-0.3, -0.25) is 4.79 Å². The Balaban J connectivity index is 2.41. The van der Waals surface area contributed by atoms with Crippen molar-refractivity contribution in [2.45, 2.75) is 13.8 Å². The number of fused-ring (bicyclic) bond motifs is 1. The van der Waals surface area contributed by atoms with Crippen molar-refractivity contribution < 1.29 is 14.3 Å². The summed E-state index contributed by atoms with van der Waals surface area (Å²) in [6.45, 7) is 3.72. The summed E-state index contributed by atoms with van der Waals surface area (Å²) in [6.07, 6.45) is 0. The van der Waals surface area contributed by atoms with Gasteiger partial charge in [0.1, 0.15) is 0 Å². The Morgan fingerprint density at radius 1 is 1.32 bits per heavy atom. The minimum Gasteiger partial charge on any atom is -0.459 e. The van der Waals surface area contributed by atoms with E-state index < -0.39 is 11.9 Å². The molecule has 1 aromatic heterocycles. The first kappa shape index (κ1) is 13.1. The summed E-state index contributed by atoms with van der Waals surface area (Å²) >= 11 is 0. The van der Waals surface area contributed by atoms with Crippen LogP contribution in [0.1, 0.15) is 12.6 Å². The van der Waals surface area contributed by atoms with Gasteiger partial charge in [-0.2, -0.15) is 0 Å². The van der Waals surface area contributed by atoms with Crippen molar-refractivity contribution in [3.05, 3.63) is 30.0 Å². The molecule has 2 aromatic rings. The number of aromatic amines is 1. The molecule has 0 fully saturated rings. The Morgan fingerprint density at radius 3 is 2.68 bits per heavy atom. The van der Waals surface area contributed by atoms with Crippen molar-refractivity contribution in [2.24, 2.45) is 0 Å². The molecule has 100 valence electrons. The van der Waals surface area contributed by atoms with Crippen molar-refractivity contribution in [1.82, 2.24) is 4.98 Å². The lowest BCUT2D eigenvalue weighted by Gasteiger charge is -2.16. The van der Waals surface area contributed by atoms with Crippen LogP contribution in [0.2, 0.25) is 0 Å². The Kier molecular flexibility index (Phi) is 3.55. The highest BCUT2D eigenvalue weighted by Crippen LogP contribution is 2.29. The molecule has 1 N–H and O–H groups in total. The number of anilines is 1. The van der Waals surface area contributed by atoms with E-state index in [2.05, 4.69) is 4.98 Å². The first-order valence-electron chi connectivity index (χ1n) is 6.08. The van der Waals surface area contributed by atoms with Gasteiger partial charge in [-0.25, -0.2) is 4.79 Å². The number of rotatable bonds is 2. The van der Waals surface area contributed by atoms with Gasteiger partial charge in [-0.1, -0.05) is 18.2 Å². The number of nitrogens with zero attached hydrogens (tertiary/aromatic N) is 1. The topological polar surface area (TPSA) is 62.4 Å². The number of H-pyrrole nitrogens is 1. The summed E-state index contributed by atoms with van der Waals surface area (Å²) in [5, 5.41) is 0.903. The molecule has 0 unspecified atom stereocenters. The van der Waals surface area contributed by atoms with Gasteiger partial charge in [0.25, 0.3) is 0 Å². The van der Waals surface area contributed by atoms with E-state index in [1.807, 2.05) is 31.2 Å². The zero-order valence-electron chi connectivity index (χ0n) is 11.2. The number of likely N-dealkylation sites (N-methyl/N-ethyl adjacent to an activating group) is 1. The van der Waals surface area contributed by atoms with Crippen LogP contribution in [0.25, 0.3) is 10.9 Å². The highest BCUT2D eigenvalue weighted by molar-refractivity contribution is 6.38. The molecule has 1 amide bonds. The van der Waals surface area contributed by atoms with E-state index in [1.54, 1.807) is 14.0 Å². The molecule has 5 nitrogen and oxygen atoms in total. The Hall–Kier alpha value is -2.30. The molecule has 19 heavy (non-hydrogen) atoms. The molecule has 2 rings (SSSR count). The maximum absolute atomic E-state index is 12.0. The number of carbonyl (C=O) groups is 2. The zero-order chi connectivity index (χ0) is 14.0. The lowest BCUT2D eigenvalue weighted by Crippen LogP contribution is -2.34. The number of carbonyl (C=O) groups excluding carboxylic acids is 2. The fourth-order valence-corrected chi connectivity index (χ4v) is 2.13. The van der Waals surface area contributed by atoms with E-state index in [0.29, 0.717) is 5.69 Å². The van der Waals surface area contributed by atoms with Crippen molar-refractivity contribution >= 4 is 28.5 Å². The van der Waals surface area contributed by atoms with Crippen molar-refractivity contribution in [2.75, 3.05) is 18.6 Å². The van der Waals surface area contributed by atoms with Crippen molar-refractivity contribution in [3.8, 4) is 0 Å². The molecule has 0 aliphatic rings. The van der Waals surface area contributed by atoms with Gasteiger partial charge >= 0.3 is 11.9 Å². The second-order valence-corrected chi connectivity index (χ2v) is 4.23. The number of para-hydroxylation sites is 1. The fraction of sp³-hybridized carbons (Fsp3) is 0.286. The molecule has 0 aliphatic heterocycles. The van der Waals surface area contributed by atoms with Crippen LogP contribution in [0.5, 0.6) is 0 Å². The summed E-state index contributed by atoms with van der Waals surface area (Å²) < 4.78 is 4.73. The molecule has 0 atom stereocenters. The molecule has 1 aromatic carbocycles. The van der Waals surface area contributed by atoms with E-state index in [9.17, 15) is 9.59 Å². The van der Waals surface area contributed by atoms with Crippen LogP contribution in [-0.4, -0.2) is 30.5 Å². The third-order valence-electron chi connectivity index (χ3n) is 2.95. The van der Waals surface area contributed by atoms with Crippen LogP contribution in [0, 0.1) is 6.92 Å². The minimum absolute atomic E-state index is 0.186. The van der Waals surface area contributed by atoms with Crippen LogP contribution in [0.3, 0.4) is 0 Å². The molecule has 0 bridgehead atoms. The highest BCUT2D eigenvalue weighted by atomic mass is 16.5. The SMILES string of the molecule is CCOC(=O)C(=O)N(C)c1c(C)[nH]c2ccccc12. The van der Waals surface area contributed by atoms with Crippen LogP contribution >= 0.6 is 0 Å². The number of benzene rings is 1. The average molecular weight is 260 g/mol. The number of ether oxygens (including phenoxy) is 1. The Bertz CT molecular complexity index is 631. The molecule has 0 radical (unpaired) electrons. The van der Waals surface area contributed by atoms with Gasteiger partial charge in [0.15, 0.2) is 0 Å². The average Bonchev–Trinajstić information content (AvgIpc) is 2.73. The van der Waals surface area contributed by atoms with E-state index in [-0.39, 0.29) is 6.61 Å². The monoisotopic (exact) mass is 260 g/mol. The first-order chi connectivity index (χ1) is 9.06. The number of aryl methyl sites for hydroxylation is 1. The largest absolute Gasteiger partial charge is 0.459 e. The number of aromatic nitrogens is 1. The van der Waals surface area contributed by atoms with Gasteiger partial charge in [-0.05, 0) is 19.9 Å². The Morgan fingerprint density at radius 2 is 2.00 bits per heavy atom. The standard InChI is InChI=1S/C14H16N2O3/c1-4-19-14(18)13(17)16(3)12-9(2)15-11-8-6-5-7-10(11)12/h5-8,15H,4H2,1-3H3. The Labute approximate surface area is 111 Å². The molecule has 5 heteroatoms. The van der Waals surface area contributed by atoms with Crippen molar-refractivity contribution in [1.29, 1.82) is 0 Å². The van der Waals surface area contributed by atoms with Crippen LogP contribution < -0.4 is 4.90 Å². The predicted octanol–water partition coefficient (Wildman–Crippen LogP) is 2.00. The molecule has 0 saturated heterocycles. The first-order valence-corrected chi connectivity index (χ1v) is 6.08. The number of hydrogen-bond acceptors (Lipinski definition) is 3. The summed E-state index contributed by atoms with van der Waals surface area (Å²) in [7, 11) is 1.57. The van der Waals surface area contributed by atoms with Gasteiger partial charge in [0.05, 0.1) is 12.3 Å². The highest BCUT2D eigenvalue weighted by Gasteiger charge is 2.24. The lowest BCUT2D eigenvalue weighted by atomic mass is 10.2. The van der Waals surface area contributed by atoms with E-state index >= 15 is 0 Å². The summed E-state index contributed by atoms with van der Waals surface area (Å²) in [4.78, 5) is 28.0. The number of hydrogen-bond donors (Lipinski definition) is 1. The van der Waals surface area contributed by atoms with Gasteiger partial charge < -0.3 is 14.6 Å². The molecule has 1 heterocycles. The smallest absolute Gasteiger partial charge is 0.397 e. The van der Waals surface area contributed by atoms with Gasteiger partial charge in [-0.15, -0.1) is 0 Å². The lowest BCUT2D eigenvalue weighted by molar-refractivity contribution is -0.153. The van der Waals surface area contributed by atoms with E-state index in [4.69, 9.17) is 4.74 Å².